The summed E-state index contributed by atoms with van der Waals surface area (Å²) in [6, 6.07) is 10.7. The Kier molecular flexibility index (Phi) is 6.27. The van der Waals surface area contributed by atoms with Crippen LogP contribution < -0.4 is 10.6 Å². The van der Waals surface area contributed by atoms with E-state index in [1.165, 1.54) is 0 Å². The lowest BCUT2D eigenvalue weighted by atomic mass is 9.80. The number of hydrogen-bond acceptors (Lipinski definition) is 6. The average molecular weight is 464 g/mol. The van der Waals surface area contributed by atoms with Gasteiger partial charge in [0.2, 0.25) is 5.91 Å². The highest BCUT2D eigenvalue weighted by atomic mass is 16.6. The van der Waals surface area contributed by atoms with E-state index in [1.54, 1.807) is 75.1 Å². The first-order chi connectivity index (χ1) is 16.1. The van der Waals surface area contributed by atoms with Crippen LogP contribution in [-0.2, 0) is 9.53 Å². The topological polar surface area (TPSA) is 105 Å². The first-order valence-corrected chi connectivity index (χ1v) is 11.4. The molecule has 2 N–H and O–H groups in total. The first kappa shape index (κ1) is 23.6. The summed E-state index contributed by atoms with van der Waals surface area (Å²) in [5.41, 5.74) is 1.38. The molecule has 0 spiro atoms. The van der Waals surface area contributed by atoms with Gasteiger partial charge in [0.25, 0.3) is 0 Å². The number of benzene rings is 2. The van der Waals surface area contributed by atoms with Gasteiger partial charge in [-0.3, -0.25) is 14.4 Å². The maximum Gasteiger partial charge on any atom is 0.408 e. The molecule has 2 atom stereocenters. The Morgan fingerprint density at radius 2 is 1.68 bits per heavy atom. The minimum absolute atomic E-state index is 0.200. The van der Waals surface area contributed by atoms with E-state index in [0.717, 1.165) is 0 Å². The van der Waals surface area contributed by atoms with Gasteiger partial charge >= 0.3 is 6.09 Å². The van der Waals surface area contributed by atoms with Gasteiger partial charge in [0.15, 0.2) is 11.6 Å². The van der Waals surface area contributed by atoms with E-state index < -0.39 is 23.8 Å². The van der Waals surface area contributed by atoms with Gasteiger partial charge in [0.1, 0.15) is 11.6 Å². The van der Waals surface area contributed by atoms with Gasteiger partial charge in [0, 0.05) is 41.9 Å². The van der Waals surface area contributed by atoms with E-state index >= 15 is 0 Å². The molecule has 1 unspecified atom stereocenters. The molecule has 1 saturated heterocycles. The molecular weight excluding hydrogens is 434 g/mol. The van der Waals surface area contributed by atoms with Crippen molar-refractivity contribution in [1.82, 2.24) is 15.5 Å². The van der Waals surface area contributed by atoms with Gasteiger partial charge in [-0.1, -0.05) is 42.5 Å². The van der Waals surface area contributed by atoms with Crippen molar-refractivity contribution in [2.45, 2.75) is 45.4 Å². The molecule has 1 aliphatic heterocycles. The molecular formula is C26H29N3O5. The van der Waals surface area contributed by atoms with Crippen LogP contribution in [0.4, 0.5) is 4.79 Å². The van der Waals surface area contributed by atoms with Crippen molar-refractivity contribution in [2.24, 2.45) is 0 Å². The zero-order chi connectivity index (χ0) is 24.6. The maximum absolute atomic E-state index is 13.5. The van der Waals surface area contributed by atoms with Crippen molar-refractivity contribution in [3.63, 3.8) is 0 Å². The molecule has 34 heavy (non-hydrogen) atoms. The fraction of sp³-hybridized carbons (Fsp3) is 0.385. The monoisotopic (exact) mass is 463 g/mol. The van der Waals surface area contributed by atoms with Crippen molar-refractivity contribution >= 4 is 23.6 Å². The summed E-state index contributed by atoms with van der Waals surface area (Å²) >= 11 is 0. The smallest absolute Gasteiger partial charge is 0.408 e. The molecule has 8 heteroatoms. The Balaban J connectivity index is 1.65. The molecule has 1 aliphatic carbocycles. The van der Waals surface area contributed by atoms with Crippen LogP contribution in [-0.4, -0.2) is 59.7 Å². The van der Waals surface area contributed by atoms with Crippen molar-refractivity contribution in [2.75, 3.05) is 19.6 Å². The number of amides is 2. The van der Waals surface area contributed by atoms with E-state index in [1.807, 2.05) is 0 Å². The van der Waals surface area contributed by atoms with E-state index in [9.17, 15) is 19.2 Å². The minimum atomic E-state index is -0.826. The molecule has 1 fully saturated rings. The van der Waals surface area contributed by atoms with Crippen LogP contribution in [0.2, 0.25) is 0 Å². The lowest BCUT2D eigenvalue weighted by Gasteiger charge is -2.39. The molecule has 1 heterocycles. The van der Waals surface area contributed by atoms with Crippen LogP contribution in [0.1, 0.15) is 71.1 Å². The number of rotatable bonds is 3. The number of carbonyl (C=O) groups is 4. The summed E-state index contributed by atoms with van der Waals surface area (Å²) in [6.07, 6.45) is -0.672. The lowest BCUT2D eigenvalue weighted by molar-refractivity contribution is -0.136. The molecule has 8 nitrogen and oxygen atoms in total. The van der Waals surface area contributed by atoms with E-state index in [-0.39, 0.29) is 17.5 Å². The molecule has 178 valence electrons. The second-order valence-electron chi connectivity index (χ2n) is 9.59. The fourth-order valence-electron chi connectivity index (χ4n) is 4.49. The quantitative estimate of drug-likeness (QED) is 0.619. The number of alkyl carbamates (subject to hydrolysis) is 1. The van der Waals surface area contributed by atoms with Crippen LogP contribution >= 0.6 is 0 Å². The van der Waals surface area contributed by atoms with Crippen LogP contribution in [0.5, 0.6) is 0 Å². The molecule has 0 bridgehead atoms. The summed E-state index contributed by atoms with van der Waals surface area (Å²) in [5.74, 6) is -0.711. The Morgan fingerprint density at radius 3 is 2.35 bits per heavy atom. The van der Waals surface area contributed by atoms with Crippen molar-refractivity contribution < 1.29 is 23.9 Å². The number of nitrogens with zero attached hydrogens (tertiary/aromatic N) is 1. The van der Waals surface area contributed by atoms with E-state index in [4.69, 9.17) is 4.74 Å². The molecule has 2 aromatic carbocycles. The summed E-state index contributed by atoms with van der Waals surface area (Å²) < 4.78 is 5.28. The normalized spacial score (nSPS) is 18.6. The maximum atomic E-state index is 13.5. The number of nitrogens with one attached hydrogen (secondary N) is 2. The van der Waals surface area contributed by atoms with Gasteiger partial charge in [-0.15, -0.1) is 0 Å². The Hall–Kier alpha value is -3.52. The largest absolute Gasteiger partial charge is 0.444 e. The van der Waals surface area contributed by atoms with E-state index in [0.29, 0.717) is 47.5 Å². The number of ketones is 2. The highest BCUT2D eigenvalue weighted by Gasteiger charge is 2.37. The van der Waals surface area contributed by atoms with Gasteiger partial charge in [-0.2, -0.15) is 0 Å². The molecule has 0 aromatic heterocycles. The van der Waals surface area contributed by atoms with Crippen LogP contribution in [0.15, 0.2) is 42.5 Å². The number of ether oxygens (including phenoxy) is 1. The lowest BCUT2D eigenvalue weighted by Crippen LogP contribution is -2.55. The summed E-state index contributed by atoms with van der Waals surface area (Å²) in [4.78, 5) is 53.8. The summed E-state index contributed by atoms with van der Waals surface area (Å²) in [6.45, 7) is 8.25. The predicted molar refractivity (Wildman–Crippen MR) is 126 cm³/mol. The Morgan fingerprint density at radius 1 is 1.03 bits per heavy atom. The second kappa shape index (κ2) is 9.02. The van der Waals surface area contributed by atoms with E-state index in [2.05, 4.69) is 10.6 Å². The third-order valence-electron chi connectivity index (χ3n) is 5.97. The number of fused-ring (bicyclic) bond motifs is 2. The zero-order valence-electron chi connectivity index (χ0n) is 19.8. The SMILES string of the molecule is C[C@H](NC(=O)OC(C)(C)C)C(=O)N1CCNCC1c1cccc2c1C(=O)c1ccccc1C2=O. The standard InChI is InChI=1S/C26H29N3O5/c1-15(28-25(33)34-26(2,3)4)24(32)29-13-12-27-14-20(29)18-10-7-11-19-21(18)23(31)17-9-6-5-8-16(17)22(19)30/h5-11,15,20,27H,12-14H2,1-4H3,(H,28,33)/t15-,20?/m0/s1. The third-order valence-corrected chi connectivity index (χ3v) is 5.97. The van der Waals surface area contributed by atoms with Crippen molar-refractivity contribution in [3.05, 3.63) is 70.3 Å². The summed E-state index contributed by atoms with van der Waals surface area (Å²) in [5, 5.41) is 5.88. The first-order valence-electron chi connectivity index (χ1n) is 11.4. The molecule has 2 amide bonds. The van der Waals surface area contributed by atoms with Crippen LogP contribution in [0.3, 0.4) is 0 Å². The molecule has 0 saturated carbocycles. The van der Waals surface area contributed by atoms with Crippen LogP contribution in [0.25, 0.3) is 0 Å². The predicted octanol–water partition coefficient (Wildman–Crippen LogP) is 2.85. The zero-order valence-corrected chi connectivity index (χ0v) is 19.8. The highest BCUT2D eigenvalue weighted by molar-refractivity contribution is 6.28. The van der Waals surface area contributed by atoms with Crippen LogP contribution in [0, 0.1) is 0 Å². The van der Waals surface area contributed by atoms with Gasteiger partial charge in [-0.05, 0) is 33.3 Å². The second-order valence-corrected chi connectivity index (χ2v) is 9.59. The molecule has 2 aliphatic rings. The van der Waals surface area contributed by atoms with Gasteiger partial charge in [0.05, 0.1) is 6.04 Å². The van der Waals surface area contributed by atoms with Gasteiger partial charge in [-0.25, -0.2) is 4.79 Å². The van der Waals surface area contributed by atoms with Crippen molar-refractivity contribution in [1.29, 1.82) is 0 Å². The Labute approximate surface area is 198 Å². The number of piperazine rings is 1. The number of carbonyl (C=O) groups excluding carboxylic acids is 4. The molecule has 0 radical (unpaired) electrons. The molecule has 4 rings (SSSR count). The average Bonchev–Trinajstić information content (AvgIpc) is 2.80. The minimum Gasteiger partial charge on any atom is -0.444 e. The van der Waals surface area contributed by atoms with Crippen molar-refractivity contribution in [3.8, 4) is 0 Å². The Bertz CT molecular complexity index is 1170. The number of hydrogen-bond donors (Lipinski definition) is 2. The molecule has 2 aromatic rings. The van der Waals surface area contributed by atoms with Gasteiger partial charge < -0.3 is 20.3 Å². The third kappa shape index (κ3) is 4.46. The summed E-state index contributed by atoms with van der Waals surface area (Å²) in [7, 11) is 0. The fourth-order valence-corrected chi connectivity index (χ4v) is 4.49. The highest BCUT2D eigenvalue weighted by Crippen LogP contribution is 2.34.